The SMILES string of the molecule is COC(=O)[C@](C)(Nc1ccccc1OC)c1ccccc1Br. The fourth-order valence-corrected chi connectivity index (χ4v) is 3.00. The molecule has 0 heterocycles. The number of nitrogens with one attached hydrogen (secondary N) is 1. The Hall–Kier alpha value is -2.01. The van der Waals surface area contributed by atoms with E-state index in [0.29, 0.717) is 11.4 Å². The quantitative estimate of drug-likeness (QED) is 0.816. The number of ether oxygens (including phenoxy) is 2. The van der Waals surface area contributed by atoms with Gasteiger partial charge < -0.3 is 14.8 Å². The number of methoxy groups -OCH3 is 2. The molecule has 0 radical (unpaired) electrons. The lowest BCUT2D eigenvalue weighted by molar-refractivity contribution is -0.145. The Kier molecular flexibility index (Phi) is 5.08. The van der Waals surface area contributed by atoms with Crippen molar-refractivity contribution in [3.05, 3.63) is 58.6 Å². The van der Waals surface area contributed by atoms with Gasteiger partial charge in [-0.05, 0) is 25.1 Å². The number of carbonyl (C=O) groups is 1. The highest BCUT2D eigenvalue weighted by atomic mass is 79.9. The summed E-state index contributed by atoms with van der Waals surface area (Å²) in [5.41, 5.74) is 0.449. The largest absolute Gasteiger partial charge is 0.495 e. The summed E-state index contributed by atoms with van der Waals surface area (Å²) in [7, 11) is 2.97. The Morgan fingerprint density at radius 3 is 2.36 bits per heavy atom. The van der Waals surface area contributed by atoms with Gasteiger partial charge in [0.2, 0.25) is 0 Å². The van der Waals surface area contributed by atoms with Crippen LogP contribution in [0.5, 0.6) is 5.75 Å². The van der Waals surface area contributed by atoms with E-state index in [0.717, 1.165) is 10.0 Å². The van der Waals surface area contributed by atoms with Gasteiger partial charge in [-0.1, -0.05) is 46.3 Å². The zero-order chi connectivity index (χ0) is 16.2. The first kappa shape index (κ1) is 16.4. The lowest BCUT2D eigenvalue weighted by Gasteiger charge is -2.31. The molecule has 0 amide bonds. The Bertz CT molecular complexity index is 674. The number of para-hydroxylation sites is 2. The summed E-state index contributed by atoms with van der Waals surface area (Å²) in [6.07, 6.45) is 0. The Morgan fingerprint density at radius 1 is 1.09 bits per heavy atom. The summed E-state index contributed by atoms with van der Waals surface area (Å²) in [5, 5.41) is 3.25. The lowest BCUT2D eigenvalue weighted by atomic mass is 9.91. The molecule has 2 aromatic carbocycles. The molecule has 0 bridgehead atoms. The van der Waals surface area contributed by atoms with Gasteiger partial charge >= 0.3 is 5.97 Å². The molecule has 22 heavy (non-hydrogen) atoms. The minimum absolute atomic E-state index is 0.384. The van der Waals surface area contributed by atoms with Crippen molar-refractivity contribution in [1.29, 1.82) is 0 Å². The molecule has 2 rings (SSSR count). The van der Waals surface area contributed by atoms with E-state index in [9.17, 15) is 4.79 Å². The predicted molar refractivity (Wildman–Crippen MR) is 90.1 cm³/mol. The fraction of sp³-hybridized carbons (Fsp3) is 0.235. The Morgan fingerprint density at radius 2 is 1.73 bits per heavy atom. The molecule has 0 fully saturated rings. The molecular weight excluding hydrogens is 346 g/mol. The van der Waals surface area contributed by atoms with Crippen molar-refractivity contribution in [2.45, 2.75) is 12.5 Å². The summed E-state index contributed by atoms with van der Waals surface area (Å²) in [6, 6.07) is 15.0. The zero-order valence-electron chi connectivity index (χ0n) is 12.7. The second-order valence-electron chi connectivity index (χ2n) is 4.92. The minimum atomic E-state index is -1.05. The summed E-state index contributed by atoms with van der Waals surface area (Å²) < 4.78 is 11.2. The summed E-state index contributed by atoms with van der Waals surface area (Å²) in [5.74, 6) is 0.273. The predicted octanol–water partition coefficient (Wildman–Crippen LogP) is 3.96. The van der Waals surface area contributed by atoms with Crippen LogP contribution in [0.15, 0.2) is 53.0 Å². The van der Waals surface area contributed by atoms with Gasteiger partial charge in [-0.2, -0.15) is 0 Å². The van der Waals surface area contributed by atoms with Crippen molar-refractivity contribution >= 4 is 27.6 Å². The van der Waals surface area contributed by atoms with Gasteiger partial charge in [0.25, 0.3) is 0 Å². The third kappa shape index (κ3) is 3.09. The standard InChI is InChI=1S/C17H18BrNO3/c1-17(16(20)22-3,12-8-4-5-9-13(12)18)19-14-10-6-7-11-15(14)21-2/h4-11,19H,1-3H3/t17-/m1/s1. The fourth-order valence-electron chi connectivity index (χ4n) is 2.32. The van der Waals surface area contributed by atoms with E-state index in [-0.39, 0.29) is 5.97 Å². The molecule has 0 aliphatic carbocycles. The third-order valence-electron chi connectivity index (χ3n) is 3.50. The van der Waals surface area contributed by atoms with Crippen molar-refractivity contribution in [3.63, 3.8) is 0 Å². The number of hydrogen-bond acceptors (Lipinski definition) is 4. The minimum Gasteiger partial charge on any atom is -0.495 e. The van der Waals surface area contributed by atoms with Gasteiger partial charge in [-0.3, -0.25) is 0 Å². The van der Waals surface area contributed by atoms with E-state index in [1.807, 2.05) is 48.5 Å². The number of hydrogen-bond donors (Lipinski definition) is 1. The molecular formula is C17H18BrNO3. The van der Waals surface area contributed by atoms with Crippen LogP contribution in [-0.4, -0.2) is 20.2 Å². The monoisotopic (exact) mass is 363 g/mol. The van der Waals surface area contributed by atoms with E-state index in [2.05, 4.69) is 21.2 Å². The van der Waals surface area contributed by atoms with Crippen molar-refractivity contribution in [2.24, 2.45) is 0 Å². The molecule has 1 N–H and O–H groups in total. The first-order valence-electron chi connectivity index (χ1n) is 6.77. The van der Waals surface area contributed by atoms with Crippen molar-refractivity contribution in [3.8, 4) is 5.75 Å². The highest BCUT2D eigenvalue weighted by Gasteiger charge is 2.38. The second-order valence-corrected chi connectivity index (χ2v) is 5.78. The van der Waals surface area contributed by atoms with Crippen LogP contribution in [0.2, 0.25) is 0 Å². The zero-order valence-corrected chi connectivity index (χ0v) is 14.3. The normalized spacial score (nSPS) is 13.1. The molecule has 2 aromatic rings. The van der Waals surface area contributed by atoms with Crippen LogP contribution < -0.4 is 10.1 Å². The summed E-state index contributed by atoms with van der Waals surface area (Å²) >= 11 is 3.50. The highest BCUT2D eigenvalue weighted by molar-refractivity contribution is 9.10. The van der Waals surface area contributed by atoms with Crippen LogP contribution in [0.3, 0.4) is 0 Å². The van der Waals surface area contributed by atoms with E-state index in [4.69, 9.17) is 9.47 Å². The number of anilines is 1. The number of carbonyl (C=O) groups excluding carboxylic acids is 1. The van der Waals surface area contributed by atoms with Crippen molar-refractivity contribution in [1.82, 2.24) is 0 Å². The maximum absolute atomic E-state index is 12.4. The third-order valence-corrected chi connectivity index (χ3v) is 4.19. The van der Waals surface area contributed by atoms with Crippen molar-refractivity contribution < 1.29 is 14.3 Å². The van der Waals surface area contributed by atoms with Crippen LogP contribution in [0.4, 0.5) is 5.69 Å². The van der Waals surface area contributed by atoms with Crippen LogP contribution >= 0.6 is 15.9 Å². The average molecular weight is 364 g/mol. The second kappa shape index (κ2) is 6.83. The highest BCUT2D eigenvalue weighted by Crippen LogP contribution is 2.35. The molecule has 4 nitrogen and oxygen atoms in total. The first-order valence-corrected chi connectivity index (χ1v) is 7.57. The van der Waals surface area contributed by atoms with E-state index >= 15 is 0 Å². The maximum atomic E-state index is 12.4. The topological polar surface area (TPSA) is 47.6 Å². The summed E-state index contributed by atoms with van der Waals surface area (Å²) in [4.78, 5) is 12.4. The van der Waals surface area contributed by atoms with Crippen LogP contribution in [-0.2, 0) is 15.1 Å². The summed E-state index contributed by atoms with van der Waals surface area (Å²) in [6.45, 7) is 1.78. The Balaban J connectivity index is 2.52. The Labute approximate surface area is 138 Å². The number of benzene rings is 2. The first-order chi connectivity index (χ1) is 10.5. The number of rotatable bonds is 5. The molecule has 0 saturated heterocycles. The van der Waals surface area contributed by atoms with Gasteiger partial charge in [0, 0.05) is 10.0 Å². The molecule has 0 aliphatic heterocycles. The molecule has 0 saturated carbocycles. The molecule has 0 spiro atoms. The van der Waals surface area contributed by atoms with Gasteiger partial charge in [0.1, 0.15) is 5.75 Å². The number of esters is 1. The van der Waals surface area contributed by atoms with E-state index in [1.165, 1.54) is 7.11 Å². The molecule has 116 valence electrons. The van der Waals surface area contributed by atoms with Gasteiger partial charge in [-0.15, -0.1) is 0 Å². The van der Waals surface area contributed by atoms with Crippen LogP contribution in [0.1, 0.15) is 12.5 Å². The van der Waals surface area contributed by atoms with Gasteiger partial charge in [0.15, 0.2) is 5.54 Å². The van der Waals surface area contributed by atoms with E-state index in [1.54, 1.807) is 14.0 Å². The van der Waals surface area contributed by atoms with Gasteiger partial charge in [0.05, 0.1) is 19.9 Å². The average Bonchev–Trinajstić information content (AvgIpc) is 2.54. The van der Waals surface area contributed by atoms with E-state index < -0.39 is 5.54 Å². The van der Waals surface area contributed by atoms with Crippen LogP contribution in [0, 0.1) is 0 Å². The smallest absolute Gasteiger partial charge is 0.335 e. The van der Waals surface area contributed by atoms with Crippen molar-refractivity contribution in [2.75, 3.05) is 19.5 Å². The van der Waals surface area contributed by atoms with Gasteiger partial charge in [-0.25, -0.2) is 4.79 Å². The molecule has 0 aliphatic rings. The maximum Gasteiger partial charge on any atom is 0.335 e. The van der Waals surface area contributed by atoms with Crippen LogP contribution in [0.25, 0.3) is 0 Å². The lowest BCUT2D eigenvalue weighted by Crippen LogP contribution is -2.41. The molecule has 5 heteroatoms. The number of halogens is 1. The molecule has 0 aromatic heterocycles. The molecule has 0 unspecified atom stereocenters. The molecule has 1 atom stereocenters.